The van der Waals surface area contributed by atoms with Crippen LogP contribution in [0.5, 0.6) is 11.5 Å². The number of aromatic nitrogens is 3. The number of rotatable bonds is 6. The summed E-state index contributed by atoms with van der Waals surface area (Å²) in [5.74, 6) is 2.67. The van der Waals surface area contributed by atoms with Crippen molar-refractivity contribution in [3.63, 3.8) is 0 Å². The number of carbonyl (C=O) groups excluding carboxylic acids is 1. The molecule has 0 radical (unpaired) electrons. The molecule has 0 saturated heterocycles. The first kappa shape index (κ1) is 20.4. The Kier molecular flexibility index (Phi) is 5.01. The average Bonchev–Trinajstić information content (AvgIpc) is 3.14. The summed E-state index contributed by atoms with van der Waals surface area (Å²) in [6, 6.07) is 7.47. The highest BCUT2D eigenvalue weighted by molar-refractivity contribution is 5.94. The summed E-state index contributed by atoms with van der Waals surface area (Å²) in [6.07, 6.45) is 3.22. The van der Waals surface area contributed by atoms with E-state index in [1.165, 1.54) is 0 Å². The fourth-order valence-corrected chi connectivity index (χ4v) is 4.40. The summed E-state index contributed by atoms with van der Waals surface area (Å²) in [7, 11) is 1.79. The zero-order chi connectivity index (χ0) is 22.3. The van der Waals surface area contributed by atoms with Crippen LogP contribution in [0.3, 0.4) is 0 Å². The second-order valence-electron chi connectivity index (χ2n) is 8.55. The van der Waals surface area contributed by atoms with Gasteiger partial charge in [-0.2, -0.15) is 9.61 Å². The van der Waals surface area contributed by atoms with Gasteiger partial charge in [-0.3, -0.25) is 4.79 Å². The van der Waals surface area contributed by atoms with Gasteiger partial charge in [-0.1, -0.05) is 6.07 Å². The van der Waals surface area contributed by atoms with Crippen molar-refractivity contribution in [2.75, 3.05) is 36.2 Å². The van der Waals surface area contributed by atoms with Gasteiger partial charge in [0.25, 0.3) is 0 Å². The van der Waals surface area contributed by atoms with Gasteiger partial charge in [0.05, 0.1) is 17.5 Å². The zero-order valence-electron chi connectivity index (χ0n) is 18.0. The van der Waals surface area contributed by atoms with Crippen LogP contribution in [0.15, 0.2) is 30.5 Å². The van der Waals surface area contributed by atoms with Crippen LogP contribution in [0.25, 0.3) is 5.65 Å². The normalized spacial score (nSPS) is 21.7. The van der Waals surface area contributed by atoms with E-state index in [0.717, 1.165) is 5.69 Å². The molecule has 4 N–H and O–H groups in total. The Bertz CT molecular complexity index is 1170. The molecule has 1 saturated carbocycles. The fourth-order valence-electron chi connectivity index (χ4n) is 4.40. The third kappa shape index (κ3) is 3.89. The number of nitrogens with one attached hydrogen (secondary N) is 3. The number of anilines is 4. The van der Waals surface area contributed by atoms with Crippen LogP contribution < -0.4 is 25.4 Å². The average molecular weight is 438 g/mol. The summed E-state index contributed by atoms with van der Waals surface area (Å²) >= 11 is 0. The lowest BCUT2D eigenvalue weighted by atomic mass is 9.70. The van der Waals surface area contributed by atoms with Crippen molar-refractivity contribution in [2.24, 2.45) is 5.92 Å². The number of hydrogen-bond acceptors (Lipinski definition) is 8. The van der Waals surface area contributed by atoms with Crippen molar-refractivity contribution in [1.82, 2.24) is 14.6 Å². The minimum atomic E-state index is -0.648. The van der Waals surface area contributed by atoms with E-state index in [-0.39, 0.29) is 11.8 Å². The van der Waals surface area contributed by atoms with E-state index >= 15 is 0 Å². The maximum atomic E-state index is 12.5. The molecule has 5 rings (SSSR count). The number of para-hydroxylation sites is 1. The van der Waals surface area contributed by atoms with Gasteiger partial charge in [-0.15, -0.1) is 0 Å². The molecule has 0 unspecified atom stereocenters. The third-order valence-corrected chi connectivity index (χ3v) is 5.76. The molecule has 2 aromatic heterocycles. The van der Waals surface area contributed by atoms with Gasteiger partial charge in [0.1, 0.15) is 30.5 Å². The molecule has 3 aromatic rings. The van der Waals surface area contributed by atoms with E-state index in [0.29, 0.717) is 66.9 Å². The molecule has 32 heavy (non-hydrogen) atoms. The minimum absolute atomic E-state index is 0.116. The van der Waals surface area contributed by atoms with E-state index in [9.17, 15) is 9.90 Å². The van der Waals surface area contributed by atoms with E-state index in [1.807, 2.05) is 24.3 Å². The van der Waals surface area contributed by atoms with Crippen molar-refractivity contribution < 1.29 is 19.4 Å². The van der Waals surface area contributed by atoms with Crippen LogP contribution in [0.1, 0.15) is 26.2 Å². The Morgan fingerprint density at radius 3 is 2.88 bits per heavy atom. The van der Waals surface area contributed by atoms with Crippen LogP contribution in [0, 0.1) is 5.92 Å². The van der Waals surface area contributed by atoms with Gasteiger partial charge < -0.3 is 30.5 Å². The van der Waals surface area contributed by atoms with Crippen LogP contribution in [-0.4, -0.2) is 51.5 Å². The second-order valence-corrected chi connectivity index (χ2v) is 8.55. The standard InChI is InChI=1S/C22H26N6O4/c1-22(30)10-13(11-22)8-19(29)26-15-12-24-28-18(23-2)9-17(27-21(15)28)25-14-4-3-5-16-20(14)32-7-6-31-16/h3-5,9,12-13,23,30H,6-8,10-11H2,1-2H3,(H,25,27)(H,26,29). The number of fused-ring (bicyclic) bond motifs is 2. The van der Waals surface area contributed by atoms with Crippen molar-refractivity contribution in [2.45, 2.75) is 31.8 Å². The van der Waals surface area contributed by atoms with Gasteiger partial charge in [0, 0.05) is 19.5 Å². The SMILES string of the molecule is CNc1cc(Nc2cccc3c2OCCO3)nc2c(NC(=O)CC3CC(C)(O)C3)cnn12. The molecule has 3 heterocycles. The number of carbonyl (C=O) groups is 1. The third-order valence-electron chi connectivity index (χ3n) is 5.76. The summed E-state index contributed by atoms with van der Waals surface area (Å²) in [6.45, 7) is 2.79. The van der Waals surface area contributed by atoms with Crippen molar-refractivity contribution in [3.05, 3.63) is 30.5 Å². The van der Waals surface area contributed by atoms with Gasteiger partial charge in [0.15, 0.2) is 17.1 Å². The van der Waals surface area contributed by atoms with Crippen molar-refractivity contribution >= 4 is 34.6 Å². The first-order valence-electron chi connectivity index (χ1n) is 10.7. The highest BCUT2D eigenvalue weighted by atomic mass is 16.6. The largest absolute Gasteiger partial charge is 0.486 e. The Hall–Kier alpha value is -3.53. The van der Waals surface area contributed by atoms with E-state index < -0.39 is 5.60 Å². The van der Waals surface area contributed by atoms with Crippen LogP contribution in [-0.2, 0) is 4.79 Å². The maximum absolute atomic E-state index is 12.5. The lowest BCUT2D eigenvalue weighted by molar-refractivity contribution is -0.121. The molecule has 1 aliphatic carbocycles. The van der Waals surface area contributed by atoms with Crippen molar-refractivity contribution in [3.8, 4) is 11.5 Å². The van der Waals surface area contributed by atoms with E-state index in [1.54, 1.807) is 24.7 Å². The van der Waals surface area contributed by atoms with Crippen LogP contribution in [0.4, 0.5) is 23.0 Å². The lowest BCUT2D eigenvalue weighted by Gasteiger charge is -2.40. The maximum Gasteiger partial charge on any atom is 0.224 e. The molecule has 10 nitrogen and oxygen atoms in total. The van der Waals surface area contributed by atoms with Gasteiger partial charge in [-0.25, -0.2) is 4.98 Å². The predicted octanol–water partition coefficient (Wildman–Crippen LogP) is 2.78. The molecular weight excluding hydrogens is 412 g/mol. The molecule has 0 spiro atoms. The fraction of sp³-hybridized carbons (Fsp3) is 0.409. The monoisotopic (exact) mass is 438 g/mol. The molecule has 1 amide bonds. The topological polar surface area (TPSA) is 122 Å². The molecule has 168 valence electrons. The molecule has 1 fully saturated rings. The zero-order valence-corrected chi connectivity index (χ0v) is 18.0. The number of hydrogen-bond donors (Lipinski definition) is 4. The van der Waals surface area contributed by atoms with Crippen LogP contribution >= 0.6 is 0 Å². The van der Waals surface area contributed by atoms with Crippen LogP contribution in [0.2, 0.25) is 0 Å². The summed E-state index contributed by atoms with van der Waals surface area (Å²) < 4.78 is 13.1. The predicted molar refractivity (Wildman–Crippen MR) is 120 cm³/mol. The van der Waals surface area contributed by atoms with Gasteiger partial charge >= 0.3 is 0 Å². The quantitative estimate of drug-likeness (QED) is 0.463. The van der Waals surface area contributed by atoms with Gasteiger partial charge in [-0.05, 0) is 37.8 Å². The number of nitrogens with zero attached hydrogens (tertiary/aromatic N) is 3. The molecular formula is C22H26N6O4. The first-order valence-corrected chi connectivity index (χ1v) is 10.7. The van der Waals surface area contributed by atoms with Crippen molar-refractivity contribution in [1.29, 1.82) is 0 Å². The Morgan fingerprint density at radius 1 is 1.28 bits per heavy atom. The van der Waals surface area contributed by atoms with E-state index in [2.05, 4.69) is 26.0 Å². The molecule has 0 bridgehead atoms. The number of ether oxygens (including phenoxy) is 2. The van der Waals surface area contributed by atoms with E-state index in [4.69, 9.17) is 9.47 Å². The lowest BCUT2D eigenvalue weighted by Crippen LogP contribution is -2.42. The Balaban J connectivity index is 1.40. The summed E-state index contributed by atoms with van der Waals surface area (Å²) in [5, 5.41) is 23.6. The summed E-state index contributed by atoms with van der Waals surface area (Å²) in [5.41, 5.74) is 1.12. The molecule has 1 aromatic carbocycles. The highest BCUT2D eigenvalue weighted by Crippen LogP contribution is 2.40. The second kappa shape index (κ2) is 7.86. The number of amides is 1. The molecule has 10 heteroatoms. The Labute approximate surface area is 184 Å². The summed E-state index contributed by atoms with van der Waals surface area (Å²) in [4.78, 5) is 17.2. The minimum Gasteiger partial charge on any atom is -0.486 e. The van der Waals surface area contributed by atoms with Gasteiger partial charge in [0.2, 0.25) is 5.91 Å². The first-order chi connectivity index (χ1) is 15.4. The smallest absolute Gasteiger partial charge is 0.224 e. The molecule has 1 aliphatic heterocycles. The number of benzene rings is 1. The Morgan fingerprint density at radius 2 is 2.09 bits per heavy atom. The highest BCUT2D eigenvalue weighted by Gasteiger charge is 2.39. The number of aliphatic hydroxyl groups is 1. The molecule has 0 atom stereocenters. The molecule has 2 aliphatic rings.